The lowest BCUT2D eigenvalue weighted by Crippen LogP contribution is -2.65. The average molecular weight is 503 g/mol. The molecule has 1 aromatic heterocycles. The molecule has 0 amide bonds. The van der Waals surface area contributed by atoms with Gasteiger partial charge >= 0.3 is 0 Å². The number of aryl methyl sites for hydroxylation is 1. The smallest absolute Gasteiger partial charge is 0.194 e. The Hall–Kier alpha value is -0.870. The Morgan fingerprint density at radius 3 is 2.86 bits per heavy atom. The lowest BCUT2D eigenvalue weighted by molar-refractivity contribution is -0.126. The summed E-state index contributed by atoms with van der Waals surface area (Å²) in [7, 11) is 3.83. The molecule has 1 aromatic rings. The molecular formula is C20H34IN5O2. The standard InChI is InChI=1S/C20H33N5O2.HI/c1-4-26-18-11-17(20(18)7-5-6-8-20)23-19(21-2)25-9-10-27-16(14-25)15-12-22-24(3)13-15;/h12-13,16-18H,4-11,14H2,1-3H3,(H,21,23);1H. The fourth-order valence-electron chi connectivity index (χ4n) is 5.19. The second-order valence-corrected chi connectivity index (χ2v) is 8.12. The van der Waals surface area contributed by atoms with Crippen molar-refractivity contribution in [3.8, 4) is 0 Å². The molecule has 0 radical (unpaired) electrons. The third kappa shape index (κ3) is 4.05. The normalized spacial score (nSPS) is 29.5. The van der Waals surface area contributed by atoms with E-state index in [0.717, 1.165) is 37.6 Å². The molecular weight excluding hydrogens is 469 g/mol. The summed E-state index contributed by atoms with van der Waals surface area (Å²) in [6, 6.07) is 0.468. The van der Waals surface area contributed by atoms with Gasteiger partial charge in [-0.2, -0.15) is 5.10 Å². The summed E-state index contributed by atoms with van der Waals surface area (Å²) in [4.78, 5) is 6.94. The predicted octanol–water partition coefficient (Wildman–Crippen LogP) is 2.72. The minimum absolute atomic E-state index is 0. The number of halogens is 1. The van der Waals surface area contributed by atoms with Crippen molar-refractivity contribution in [2.24, 2.45) is 17.5 Å². The molecule has 7 nitrogen and oxygen atoms in total. The van der Waals surface area contributed by atoms with Crippen LogP contribution in [0.1, 0.15) is 50.7 Å². The number of nitrogens with one attached hydrogen (secondary N) is 1. The molecule has 1 saturated heterocycles. The van der Waals surface area contributed by atoms with Gasteiger partial charge < -0.3 is 19.7 Å². The van der Waals surface area contributed by atoms with Gasteiger partial charge in [0.25, 0.3) is 0 Å². The molecule has 1 aliphatic heterocycles. The molecule has 2 aliphatic carbocycles. The van der Waals surface area contributed by atoms with Crippen molar-refractivity contribution < 1.29 is 9.47 Å². The van der Waals surface area contributed by atoms with Gasteiger partial charge in [0, 0.05) is 50.5 Å². The van der Waals surface area contributed by atoms with Gasteiger partial charge in [-0.15, -0.1) is 24.0 Å². The summed E-state index contributed by atoms with van der Waals surface area (Å²) in [5, 5.41) is 8.08. The van der Waals surface area contributed by atoms with Gasteiger partial charge in [0.2, 0.25) is 0 Å². The van der Waals surface area contributed by atoms with Crippen LogP contribution in [0.4, 0.5) is 0 Å². The van der Waals surface area contributed by atoms with E-state index in [1.54, 1.807) is 0 Å². The first-order valence-corrected chi connectivity index (χ1v) is 10.4. The van der Waals surface area contributed by atoms with Gasteiger partial charge in [0.15, 0.2) is 5.96 Å². The maximum absolute atomic E-state index is 6.06. The van der Waals surface area contributed by atoms with E-state index in [4.69, 9.17) is 9.47 Å². The number of rotatable bonds is 4. The van der Waals surface area contributed by atoms with E-state index in [2.05, 4.69) is 27.2 Å². The largest absolute Gasteiger partial charge is 0.378 e. The summed E-state index contributed by atoms with van der Waals surface area (Å²) >= 11 is 0. The van der Waals surface area contributed by atoms with E-state index in [1.165, 1.54) is 25.7 Å². The number of aliphatic imine (C=N–C) groups is 1. The highest BCUT2D eigenvalue weighted by molar-refractivity contribution is 14.0. The van der Waals surface area contributed by atoms with Crippen LogP contribution in [0.2, 0.25) is 0 Å². The molecule has 3 fully saturated rings. The minimum atomic E-state index is 0. The fraction of sp³-hybridized carbons (Fsp3) is 0.800. The maximum atomic E-state index is 6.06. The number of nitrogens with zero attached hydrogens (tertiary/aromatic N) is 4. The molecule has 3 atom stereocenters. The first-order valence-electron chi connectivity index (χ1n) is 10.4. The number of guanidine groups is 1. The van der Waals surface area contributed by atoms with Gasteiger partial charge in [0.1, 0.15) is 6.10 Å². The Morgan fingerprint density at radius 1 is 1.43 bits per heavy atom. The summed E-state index contributed by atoms with van der Waals surface area (Å²) in [5.74, 6) is 0.999. The molecule has 8 heteroatoms. The predicted molar refractivity (Wildman–Crippen MR) is 120 cm³/mol. The van der Waals surface area contributed by atoms with Crippen LogP contribution < -0.4 is 5.32 Å². The molecule has 3 aliphatic rings. The lowest BCUT2D eigenvalue weighted by atomic mass is 9.60. The summed E-state index contributed by atoms with van der Waals surface area (Å²) in [6.45, 7) is 5.29. The van der Waals surface area contributed by atoms with Crippen LogP contribution in [0, 0.1) is 5.41 Å². The van der Waals surface area contributed by atoms with E-state index >= 15 is 0 Å². The summed E-state index contributed by atoms with van der Waals surface area (Å²) in [5.41, 5.74) is 1.44. The molecule has 4 rings (SSSR count). The minimum Gasteiger partial charge on any atom is -0.378 e. The van der Waals surface area contributed by atoms with Gasteiger partial charge in [-0.3, -0.25) is 9.67 Å². The van der Waals surface area contributed by atoms with Crippen LogP contribution in [-0.2, 0) is 16.5 Å². The second-order valence-electron chi connectivity index (χ2n) is 8.12. The van der Waals surface area contributed by atoms with E-state index < -0.39 is 0 Å². The molecule has 2 heterocycles. The van der Waals surface area contributed by atoms with Crippen molar-refractivity contribution in [2.45, 2.75) is 57.3 Å². The Morgan fingerprint density at radius 2 is 2.21 bits per heavy atom. The number of morpholine rings is 1. The van der Waals surface area contributed by atoms with Crippen molar-refractivity contribution in [3.05, 3.63) is 18.0 Å². The monoisotopic (exact) mass is 503 g/mol. The van der Waals surface area contributed by atoms with Gasteiger partial charge in [-0.05, 0) is 26.2 Å². The van der Waals surface area contributed by atoms with E-state index in [0.29, 0.717) is 24.2 Å². The highest BCUT2D eigenvalue weighted by atomic mass is 127. The van der Waals surface area contributed by atoms with Gasteiger partial charge in [0.05, 0.1) is 25.5 Å². The molecule has 0 bridgehead atoms. The zero-order valence-corrected chi connectivity index (χ0v) is 19.6. The number of ether oxygens (including phenoxy) is 2. The second kappa shape index (κ2) is 9.30. The molecule has 0 aromatic carbocycles. The topological polar surface area (TPSA) is 63.9 Å². The van der Waals surface area contributed by atoms with E-state index in [9.17, 15) is 0 Å². The Labute approximate surface area is 185 Å². The SMILES string of the molecule is CCOC1CC(NC(=NC)N2CCOC(c3cnn(C)c3)C2)C12CCCC2.I. The Bertz CT molecular complexity index is 673. The fourth-order valence-corrected chi connectivity index (χ4v) is 5.19. The first kappa shape index (κ1) is 21.8. The molecule has 1 N–H and O–H groups in total. The number of hydrogen-bond donors (Lipinski definition) is 1. The Kier molecular flexibility index (Phi) is 7.25. The van der Waals surface area contributed by atoms with Crippen LogP contribution in [0.5, 0.6) is 0 Å². The average Bonchev–Trinajstić information content (AvgIpc) is 3.35. The highest BCUT2D eigenvalue weighted by Gasteiger charge is 2.57. The van der Waals surface area contributed by atoms with E-state index in [-0.39, 0.29) is 30.1 Å². The number of hydrogen-bond acceptors (Lipinski definition) is 4. The quantitative estimate of drug-likeness (QED) is 0.389. The first-order chi connectivity index (χ1) is 13.2. The van der Waals surface area contributed by atoms with Crippen LogP contribution in [0.25, 0.3) is 0 Å². The summed E-state index contributed by atoms with van der Waals surface area (Å²) < 4.78 is 13.9. The Balaban J connectivity index is 0.00000225. The van der Waals surface area contributed by atoms with Crippen molar-refractivity contribution >= 4 is 29.9 Å². The maximum Gasteiger partial charge on any atom is 0.194 e. The third-order valence-corrected chi connectivity index (χ3v) is 6.67. The van der Waals surface area contributed by atoms with Crippen LogP contribution >= 0.6 is 24.0 Å². The van der Waals surface area contributed by atoms with Gasteiger partial charge in [-0.25, -0.2) is 0 Å². The third-order valence-electron chi connectivity index (χ3n) is 6.67. The van der Waals surface area contributed by atoms with Crippen LogP contribution in [0.15, 0.2) is 17.4 Å². The zero-order valence-electron chi connectivity index (χ0n) is 17.3. The summed E-state index contributed by atoms with van der Waals surface area (Å²) in [6.07, 6.45) is 10.7. The van der Waals surface area contributed by atoms with E-state index in [1.807, 2.05) is 31.2 Å². The van der Waals surface area contributed by atoms with Crippen molar-refractivity contribution in [3.63, 3.8) is 0 Å². The van der Waals surface area contributed by atoms with Crippen molar-refractivity contribution in [2.75, 3.05) is 33.4 Å². The van der Waals surface area contributed by atoms with Crippen molar-refractivity contribution in [1.29, 1.82) is 0 Å². The van der Waals surface area contributed by atoms with Crippen molar-refractivity contribution in [1.82, 2.24) is 20.0 Å². The zero-order chi connectivity index (χ0) is 18.9. The molecule has 158 valence electrons. The lowest BCUT2D eigenvalue weighted by Gasteiger charge is -2.55. The molecule has 1 spiro atoms. The van der Waals surface area contributed by atoms with Gasteiger partial charge in [-0.1, -0.05) is 12.8 Å². The van der Waals surface area contributed by atoms with Crippen LogP contribution in [0.3, 0.4) is 0 Å². The molecule has 28 heavy (non-hydrogen) atoms. The molecule has 2 saturated carbocycles. The number of aromatic nitrogens is 2. The highest BCUT2D eigenvalue weighted by Crippen LogP contribution is 2.54. The van der Waals surface area contributed by atoms with Crippen LogP contribution in [-0.4, -0.2) is 66.1 Å². The molecule has 3 unspecified atom stereocenters.